The van der Waals surface area contributed by atoms with Gasteiger partial charge in [-0.25, -0.2) is 0 Å². The minimum Gasteiger partial charge on any atom is -0.319 e. The Bertz CT molecular complexity index is 230. The third-order valence-electron chi connectivity index (χ3n) is 2.35. The van der Waals surface area contributed by atoms with Crippen LogP contribution in [-0.2, 0) is 4.79 Å². The van der Waals surface area contributed by atoms with E-state index in [1.807, 2.05) is 18.4 Å². The Kier molecular flexibility index (Phi) is 5.05. The van der Waals surface area contributed by atoms with E-state index in [1.54, 1.807) is 4.90 Å². The Hall–Kier alpha value is -1.05. The summed E-state index contributed by atoms with van der Waals surface area (Å²) in [4.78, 5) is 13.0. The van der Waals surface area contributed by atoms with Crippen molar-refractivity contribution in [1.82, 2.24) is 4.90 Å². The SMILES string of the molecule is CCCC/C=C/C=C/N1CCCC1=O. The van der Waals surface area contributed by atoms with Crippen LogP contribution in [-0.4, -0.2) is 17.4 Å². The molecule has 1 amide bonds. The summed E-state index contributed by atoms with van der Waals surface area (Å²) in [6, 6.07) is 0. The maximum atomic E-state index is 11.2. The average molecular weight is 193 g/mol. The van der Waals surface area contributed by atoms with Gasteiger partial charge in [0.1, 0.15) is 0 Å². The molecule has 1 fully saturated rings. The standard InChI is InChI=1S/C12H19NO/c1-2-3-4-5-6-7-10-13-11-8-9-12(13)14/h5-7,10H,2-4,8-9,11H2,1H3/b6-5+,10-7+. The molecule has 0 saturated carbocycles. The zero-order valence-electron chi connectivity index (χ0n) is 8.91. The quantitative estimate of drug-likeness (QED) is 0.485. The molecule has 2 heteroatoms. The number of carbonyl (C=O) groups is 1. The predicted molar refractivity (Wildman–Crippen MR) is 58.8 cm³/mol. The van der Waals surface area contributed by atoms with E-state index in [2.05, 4.69) is 13.0 Å². The first-order chi connectivity index (χ1) is 6.84. The summed E-state index contributed by atoms with van der Waals surface area (Å²) in [5.41, 5.74) is 0. The molecule has 0 aromatic heterocycles. The topological polar surface area (TPSA) is 20.3 Å². The maximum Gasteiger partial charge on any atom is 0.226 e. The van der Waals surface area contributed by atoms with Crippen molar-refractivity contribution in [3.05, 3.63) is 24.4 Å². The fourth-order valence-electron chi connectivity index (χ4n) is 1.48. The first-order valence-electron chi connectivity index (χ1n) is 5.47. The van der Waals surface area contributed by atoms with Crippen molar-refractivity contribution < 1.29 is 4.79 Å². The van der Waals surface area contributed by atoms with Gasteiger partial charge in [0.25, 0.3) is 0 Å². The largest absolute Gasteiger partial charge is 0.319 e. The number of likely N-dealkylation sites (tertiary alicyclic amines) is 1. The highest BCUT2D eigenvalue weighted by atomic mass is 16.2. The van der Waals surface area contributed by atoms with Crippen LogP contribution >= 0.6 is 0 Å². The molecule has 0 aromatic carbocycles. The van der Waals surface area contributed by atoms with E-state index < -0.39 is 0 Å². The van der Waals surface area contributed by atoms with Gasteiger partial charge in [-0.2, -0.15) is 0 Å². The van der Waals surface area contributed by atoms with Gasteiger partial charge in [0, 0.05) is 19.2 Å². The molecule has 0 bridgehead atoms. The molecule has 1 rings (SSSR count). The van der Waals surface area contributed by atoms with E-state index in [0.717, 1.165) is 19.4 Å². The third kappa shape index (κ3) is 3.77. The van der Waals surface area contributed by atoms with Crippen molar-refractivity contribution in [3.63, 3.8) is 0 Å². The van der Waals surface area contributed by atoms with Crippen LogP contribution in [0.2, 0.25) is 0 Å². The van der Waals surface area contributed by atoms with Crippen LogP contribution < -0.4 is 0 Å². The molecule has 78 valence electrons. The van der Waals surface area contributed by atoms with Gasteiger partial charge < -0.3 is 4.90 Å². The Labute approximate surface area is 86.3 Å². The van der Waals surface area contributed by atoms with E-state index in [4.69, 9.17) is 0 Å². The second-order valence-corrected chi connectivity index (χ2v) is 3.60. The second-order valence-electron chi connectivity index (χ2n) is 3.60. The molecular weight excluding hydrogens is 174 g/mol. The van der Waals surface area contributed by atoms with Crippen molar-refractivity contribution in [2.45, 2.75) is 39.0 Å². The molecule has 0 atom stereocenters. The average Bonchev–Trinajstić information content (AvgIpc) is 2.58. The Morgan fingerprint density at radius 3 is 2.93 bits per heavy atom. The Balaban J connectivity index is 2.19. The number of amides is 1. The first-order valence-corrected chi connectivity index (χ1v) is 5.47. The van der Waals surface area contributed by atoms with E-state index in [-0.39, 0.29) is 5.91 Å². The first kappa shape index (κ1) is 11.0. The van der Waals surface area contributed by atoms with E-state index in [1.165, 1.54) is 12.8 Å². The molecule has 14 heavy (non-hydrogen) atoms. The van der Waals surface area contributed by atoms with Gasteiger partial charge in [-0.1, -0.05) is 31.9 Å². The molecule has 1 aliphatic heterocycles. The van der Waals surface area contributed by atoms with Gasteiger partial charge in [-0.15, -0.1) is 0 Å². The third-order valence-corrected chi connectivity index (χ3v) is 2.35. The Morgan fingerprint density at radius 2 is 2.29 bits per heavy atom. The number of nitrogens with zero attached hydrogens (tertiary/aromatic N) is 1. The van der Waals surface area contributed by atoms with Crippen molar-refractivity contribution in [2.24, 2.45) is 0 Å². The number of hydrogen-bond donors (Lipinski definition) is 0. The molecule has 0 aliphatic carbocycles. The number of unbranched alkanes of at least 4 members (excludes halogenated alkanes) is 2. The van der Waals surface area contributed by atoms with Crippen molar-refractivity contribution in [3.8, 4) is 0 Å². The van der Waals surface area contributed by atoms with Crippen molar-refractivity contribution in [2.75, 3.05) is 6.54 Å². The van der Waals surface area contributed by atoms with Crippen LogP contribution in [0.5, 0.6) is 0 Å². The van der Waals surface area contributed by atoms with Crippen LogP contribution in [0.4, 0.5) is 0 Å². The van der Waals surface area contributed by atoms with Gasteiger partial charge >= 0.3 is 0 Å². The minimum atomic E-state index is 0.253. The van der Waals surface area contributed by atoms with E-state index in [9.17, 15) is 4.79 Å². The molecular formula is C12H19NO. The molecule has 0 radical (unpaired) electrons. The highest BCUT2D eigenvalue weighted by Gasteiger charge is 2.16. The van der Waals surface area contributed by atoms with Gasteiger partial charge in [0.15, 0.2) is 0 Å². The van der Waals surface area contributed by atoms with Gasteiger partial charge in [0.2, 0.25) is 5.91 Å². The smallest absolute Gasteiger partial charge is 0.226 e. The zero-order chi connectivity index (χ0) is 10.2. The molecule has 0 aromatic rings. The maximum absolute atomic E-state index is 11.2. The molecule has 1 heterocycles. The minimum absolute atomic E-state index is 0.253. The summed E-state index contributed by atoms with van der Waals surface area (Å²) in [5, 5.41) is 0. The zero-order valence-corrected chi connectivity index (χ0v) is 8.91. The molecule has 2 nitrogen and oxygen atoms in total. The van der Waals surface area contributed by atoms with Crippen LogP contribution in [0.25, 0.3) is 0 Å². The van der Waals surface area contributed by atoms with Crippen LogP contribution in [0, 0.1) is 0 Å². The lowest BCUT2D eigenvalue weighted by atomic mass is 10.2. The van der Waals surface area contributed by atoms with Crippen LogP contribution in [0.15, 0.2) is 24.4 Å². The van der Waals surface area contributed by atoms with Crippen molar-refractivity contribution >= 4 is 5.91 Å². The van der Waals surface area contributed by atoms with Gasteiger partial charge in [-0.05, 0) is 18.9 Å². The van der Waals surface area contributed by atoms with Crippen LogP contribution in [0.1, 0.15) is 39.0 Å². The monoisotopic (exact) mass is 193 g/mol. The lowest BCUT2D eigenvalue weighted by molar-refractivity contribution is -0.125. The number of rotatable bonds is 5. The number of allylic oxidation sites excluding steroid dienone is 3. The summed E-state index contributed by atoms with van der Waals surface area (Å²) in [6.45, 7) is 3.07. The summed E-state index contributed by atoms with van der Waals surface area (Å²) >= 11 is 0. The normalized spacial score (nSPS) is 17.8. The molecule has 0 spiro atoms. The van der Waals surface area contributed by atoms with Crippen molar-refractivity contribution in [1.29, 1.82) is 0 Å². The summed E-state index contributed by atoms with van der Waals surface area (Å²) in [7, 11) is 0. The highest BCUT2D eigenvalue weighted by molar-refractivity contribution is 5.79. The van der Waals surface area contributed by atoms with Gasteiger partial charge in [0.05, 0.1) is 0 Å². The summed E-state index contributed by atoms with van der Waals surface area (Å²) < 4.78 is 0. The number of hydrogen-bond acceptors (Lipinski definition) is 1. The molecule has 1 aliphatic rings. The predicted octanol–water partition coefficient (Wildman–Crippen LogP) is 2.87. The fourth-order valence-corrected chi connectivity index (χ4v) is 1.48. The molecule has 0 unspecified atom stereocenters. The van der Waals surface area contributed by atoms with E-state index >= 15 is 0 Å². The van der Waals surface area contributed by atoms with Gasteiger partial charge in [-0.3, -0.25) is 4.79 Å². The summed E-state index contributed by atoms with van der Waals surface area (Å²) in [5.74, 6) is 0.253. The summed E-state index contributed by atoms with van der Waals surface area (Å²) in [6.07, 6.45) is 13.4. The lowest BCUT2D eigenvalue weighted by Gasteiger charge is -2.06. The highest BCUT2D eigenvalue weighted by Crippen LogP contribution is 2.09. The Morgan fingerprint density at radius 1 is 1.43 bits per heavy atom. The molecule has 1 saturated heterocycles. The number of carbonyl (C=O) groups excluding carboxylic acids is 1. The lowest BCUT2D eigenvalue weighted by Crippen LogP contribution is -2.16. The van der Waals surface area contributed by atoms with E-state index in [0.29, 0.717) is 6.42 Å². The van der Waals surface area contributed by atoms with Crippen LogP contribution in [0.3, 0.4) is 0 Å². The fraction of sp³-hybridized carbons (Fsp3) is 0.583. The second kappa shape index (κ2) is 6.41. The molecule has 0 N–H and O–H groups in total.